The number of fused-ring (bicyclic) bond motifs is 1. The summed E-state index contributed by atoms with van der Waals surface area (Å²) in [5.41, 5.74) is 2.86. The second-order valence-electron chi connectivity index (χ2n) is 9.25. The summed E-state index contributed by atoms with van der Waals surface area (Å²) in [4.78, 5) is 13.2. The summed E-state index contributed by atoms with van der Waals surface area (Å²) in [6.45, 7) is 7.99. The molecule has 0 saturated carbocycles. The molecule has 4 rings (SSSR count). The first-order valence-corrected chi connectivity index (χ1v) is 12.3. The summed E-state index contributed by atoms with van der Waals surface area (Å²) in [5, 5.41) is 2.85. The summed E-state index contributed by atoms with van der Waals surface area (Å²) in [5.74, 6) is -0.0439. The van der Waals surface area contributed by atoms with Gasteiger partial charge in [0.15, 0.2) is 6.10 Å². The van der Waals surface area contributed by atoms with Crippen molar-refractivity contribution in [1.29, 1.82) is 0 Å². The Hall–Kier alpha value is -3.32. The average Bonchev–Trinajstić information content (AvgIpc) is 2.78. The van der Waals surface area contributed by atoms with Gasteiger partial charge in [-0.15, -0.1) is 0 Å². The molecule has 1 heterocycles. The minimum absolute atomic E-state index is 0.129. The van der Waals surface area contributed by atoms with Gasteiger partial charge < -0.3 is 10.1 Å². The van der Waals surface area contributed by atoms with Gasteiger partial charge in [0, 0.05) is 5.69 Å². The van der Waals surface area contributed by atoms with Crippen molar-refractivity contribution >= 4 is 27.3 Å². The van der Waals surface area contributed by atoms with Gasteiger partial charge in [0.25, 0.3) is 15.9 Å². The number of carbonyl (C=O) groups excluding carboxylic acids is 1. The first-order valence-electron chi connectivity index (χ1n) is 10.8. The van der Waals surface area contributed by atoms with Crippen molar-refractivity contribution in [2.75, 3.05) is 16.2 Å². The summed E-state index contributed by atoms with van der Waals surface area (Å²) in [6.07, 6.45) is -1.00. The highest BCUT2D eigenvalue weighted by Gasteiger charge is 2.38. The number of sulfonamides is 1. The fourth-order valence-electron chi connectivity index (χ4n) is 3.75. The summed E-state index contributed by atoms with van der Waals surface area (Å²) < 4.78 is 34.5. The molecular formula is C26H28N2O4S. The molecule has 33 heavy (non-hydrogen) atoms. The normalized spacial score (nSPS) is 16.0. The molecule has 0 fully saturated rings. The number of hydrogen-bond acceptors (Lipinski definition) is 4. The number of nitrogens with zero attached hydrogens (tertiary/aromatic N) is 1. The lowest BCUT2D eigenvalue weighted by Crippen LogP contribution is -2.49. The van der Waals surface area contributed by atoms with Crippen molar-refractivity contribution in [2.24, 2.45) is 0 Å². The minimum atomic E-state index is -3.91. The molecular weight excluding hydrogens is 436 g/mol. The highest BCUT2D eigenvalue weighted by molar-refractivity contribution is 7.92. The molecule has 0 spiro atoms. The van der Waals surface area contributed by atoms with Crippen LogP contribution in [0.1, 0.15) is 31.9 Å². The van der Waals surface area contributed by atoms with Crippen molar-refractivity contribution in [3.05, 3.63) is 83.9 Å². The van der Waals surface area contributed by atoms with Gasteiger partial charge in [-0.3, -0.25) is 9.10 Å². The van der Waals surface area contributed by atoms with Crippen LogP contribution in [0.15, 0.2) is 77.7 Å². The second-order valence-corrected chi connectivity index (χ2v) is 11.1. The molecule has 6 nitrogen and oxygen atoms in total. The van der Waals surface area contributed by atoms with Crippen LogP contribution in [0.3, 0.4) is 0 Å². The highest BCUT2D eigenvalue weighted by atomic mass is 32.2. The monoisotopic (exact) mass is 464 g/mol. The Morgan fingerprint density at radius 3 is 2.39 bits per heavy atom. The third kappa shape index (κ3) is 4.73. The predicted octanol–water partition coefficient (Wildman–Crippen LogP) is 4.89. The molecule has 172 valence electrons. The van der Waals surface area contributed by atoms with Gasteiger partial charge in [-0.25, -0.2) is 8.42 Å². The average molecular weight is 465 g/mol. The standard InChI is InChI=1S/C26H28N2O4S/c1-18-9-8-10-20(15-18)27-25(29)24-17-28(33(30,31)21-11-6-5-7-12-21)22-16-19(26(2,3)4)13-14-23(22)32-24/h5-16,24H,17H2,1-4H3,(H,27,29). The molecule has 1 aliphatic heterocycles. The number of nitrogens with one attached hydrogen (secondary N) is 1. The molecule has 0 saturated heterocycles. The number of anilines is 2. The molecule has 3 aromatic carbocycles. The molecule has 0 aromatic heterocycles. The number of rotatable bonds is 4. The molecule has 1 amide bonds. The minimum Gasteiger partial charge on any atom is -0.476 e. The first-order chi connectivity index (χ1) is 15.6. The Morgan fingerprint density at radius 1 is 1.00 bits per heavy atom. The summed E-state index contributed by atoms with van der Waals surface area (Å²) >= 11 is 0. The van der Waals surface area contributed by atoms with E-state index < -0.39 is 22.0 Å². The van der Waals surface area contributed by atoms with Crippen LogP contribution in [-0.4, -0.2) is 27.0 Å². The Bertz CT molecular complexity index is 1280. The van der Waals surface area contributed by atoms with E-state index >= 15 is 0 Å². The first kappa shape index (κ1) is 22.9. The smallest absolute Gasteiger partial charge is 0.267 e. The number of aryl methyl sites for hydroxylation is 1. The van der Waals surface area contributed by atoms with Crippen molar-refractivity contribution in [3.63, 3.8) is 0 Å². The largest absolute Gasteiger partial charge is 0.476 e. The van der Waals surface area contributed by atoms with Crippen LogP contribution in [0.2, 0.25) is 0 Å². The Labute approximate surface area is 195 Å². The van der Waals surface area contributed by atoms with Gasteiger partial charge in [0.2, 0.25) is 0 Å². The Kier molecular flexibility index (Phi) is 5.93. The van der Waals surface area contributed by atoms with Crippen LogP contribution in [0, 0.1) is 6.92 Å². The van der Waals surface area contributed by atoms with Crippen molar-refractivity contribution in [2.45, 2.75) is 44.1 Å². The maximum atomic E-state index is 13.6. The molecule has 1 atom stereocenters. The molecule has 0 aliphatic carbocycles. The van der Waals surface area contributed by atoms with Crippen molar-refractivity contribution < 1.29 is 17.9 Å². The van der Waals surface area contributed by atoms with E-state index in [1.165, 1.54) is 4.31 Å². The topological polar surface area (TPSA) is 75.7 Å². The lowest BCUT2D eigenvalue weighted by molar-refractivity contribution is -0.122. The molecule has 0 radical (unpaired) electrons. The Balaban J connectivity index is 1.74. The van der Waals surface area contributed by atoms with Crippen LogP contribution in [0.5, 0.6) is 5.75 Å². The van der Waals surface area contributed by atoms with E-state index in [4.69, 9.17) is 4.74 Å². The summed E-state index contributed by atoms with van der Waals surface area (Å²) in [7, 11) is -3.91. The predicted molar refractivity (Wildman–Crippen MR) is 130 cm³/mol. The SMILES string of the molecule is Cc1cccc(NC(=O)C2CN(S(=O)(=O)c3ccccc3)c3cc(C(C)(C)C)ccc3O2)c1. The van der Waals surface area contributed by atoms with Gasteiger partial charge in [0.1, 0.15) is 5.75 Å². The van der Waals surface area contributed by atoms with Crippen LogP contribution in [-0.2, 0) is 20.2 Å². The van der Waals surface area contributed by atoms with Gasteiger partial charge in [-0.1, -0.05) is 57.2 Å². The fraction of sp³-hybridized carbons (Fsp3) is 0.269. The van der Waals surface area contributed by atoms with E-state index in [-0.39, 0.29) is 16.9 Å². The second kappa shape index (κ2) is 8.56. The zero-order valence-electron chi connectivity index (χ0n) is 19.2. The van der Waals surface area contributed by atoms with Crippen LogP contribution in [0.25, 0.3) is 0 Å². The molecule has 3 aromatic rings. The lowest BCUT2D eigenvalue weighted by Gasteiger charge is -2.36. The van der Waals surface area contributed by atoms with Crippen LogP contribution in [0.4, 0.5) is 11.4 Å². The highest BCUT2D eigenvalue weighted by Crippen LogP contribution is 2.40. The van der Waals surface area contributed by atoms with Crippen molar-refractivity contribution in [1.82, 2.24) is 0 Å². The summed E-state index contributed by atoms with van der Waals surface area (Å²) in [6, 6.07) is 21.2. The van der Waals surface area contributed by atoms with E-state index in [1.54, 1.807) is 42.5 Å². The number of hydrogen-bond donors (Lipinski definition) is 1. The van der Waals surface area contributed by atoms with E-state index in [2.05, 4.69) is 26.1 Å². The van der Waals surface area contributed by atoms with E-state index in [0.717, 1.165) is 11.1 Å². The molecule has 0 bridgehead atoms. The van der Waals surface area contributed by atoms with Crippen molar-refractivity contribution in [3.8, 4) is 5.75 Å². The van der Waals surface area contributed by atoms with Gasteiger partial charge in [-0.05, 0) is 59.9 Å². The molecule has 7 heteroatoms. The maximum absolute atomic E-state index is 13.6. The van der Waals surface area contributed by atoms with E-state index in [0.29, 0.717) is 17.1 Å². The van der Waals surface area contributed by atoms with Gasteiger partial charge >= 0.3 is 0 Å². The molecule has 1 N–H and O–H groups in total. The van der Waals surface area contributed by atoms with E-state index in [9.17, 15) is 13.2 Å². The van der Waals surface area contributed by atoms with Gasteiger partial charge in [0.05, 0.1) is 17.1 Å². The number of carbonyl (C=O) groups is 1. The number of amides is 1. The maximum Gasteiger partial charge on any atom is 0.267 e. The zero-order valence-corrected chi connectivity index (χ0v) is 20.0. The van der Waals surface area contributed by atoms with Crippen LogP contribution >= 0.6 is 0 Å². The quantitative estimate of drug-likeness (QED) is 0.597. The fourth-order valence-corrected chi connectivity index (χ4v) is 5.24. The molecule has 1 unspecified atom stereocenters. The third-order valence-corrected chi connectivity index (χ3v) is 7.40. The number of benzene rings is 3. The molecule has 1 aliphatic rings. The lowest BCUT2D eigenvalue weighted by atomic mass is 9.86. The van der Waals surface area contributed by atoms with Gasteiger partial charge in [-0.2, -0.15) is 0 Å². The Morgan fingerprint density at radius 2 is 1.73 bits per heavy atom. The number of ether oxygens (including phenoxy) is 1. The van der Waals surface area contributed by atoms with E-state index in [1.807, 2.05) is 37.3 Å². The zero-order chi connectivity index (χ0) is 23.8. The third-order valence-electron chi connectivity index (χ3n) is 5.60. The van der Waals surface area contributed by atoms with Crippen LogP contribution < -0.4 is 14.4 Å².